The first-order chi connectivity index (χ1) is 11.0. The van der Waals surface area contributed by atoms with Gasteiger partial charge in [0.15, 0.2) is 6.61 Å². The number of ether oxygens (including phenoxy) is 2. The van der Waals surface area contributed by atoms with E-state index in [1.54, 1.807) is 0 Å². The number of rotatable bonds is 6. The fourth-order valence-electron chi connectivity index (χ4n) is 2.33. The van der Waals surface area contributed by atoms with Gasteiger partial charge in [-0.25, -0.2) is 0 Å². The van der Waals surface area contributed by atoms with Gasteiger partial charge in [0.05, 0.1) is 12.3 Å². The molecule has 0 fully saturated rings. The Hall–Kier alpha value is -2.49. The van der Waals surface area contributed by atoms with Crippen molar-refractivity contribution in [2.24, 2.45) is 0 Å². The molecule has 0 aliphatic carbocycles. The number of carbonyl (C=O) groups is 1. The van der Waals surface area contributed by atoms with Crippen molar-refractivity contribution in [1.82, 2.24) is 0 Å². The van der Waals surface area contributed by atoms with Crippen LogP contribution in [-0.4, -0.2) is 19.1 Å². The molecule has 0 bridgehead atoms. The molecule has 0 aliphatic rings. The van der Waals surface area contributed by atoms with Crippen LogP contribution in [0.2, 0.25) is 0 Å². The van der Waals surface area contributed by atoms with Crippen LogP contribution >= 0.6 is 0 Å². The summed E-state index contributed by atoms with van der Waals surface area (Å²) in [6, 6.07) is 11.4. The average Bonchev–Trinajstić information content (AvgIpc) is 2.51. The van der Waals surface area contributed by atoms with Crippen molar-refractivity contribution in [3.63, 3.8) is 0 Å². The van der Waals surface area contributed by atoms with Crippen LogP contribution in [0.1, 0.15) is 23.6 Å². The van der Waals surface area contributed by atoms with Crippen molar-refractivity contribution in [3.05, 3.63) is 53.1 Å². The van der Waals surface area contributed by atoms with Gasteiger partial charge in [0, 0.05) is 0 Å². The fraction of sp³-hybridized carbons (Fsp3) is 0.316. The molecule has 2 rings (SSSR count). The highest BCUT2D eigenvalue weighted by Gasteiger charge is 2.10. The number of aryl methyl sites for hydroxylation is 2. The molecule has 0 atom stereocenters. The lowest BCUT2D eigenvalue weighted by molar-refractivity contribution is -0.118. The topological polar surface area (TPSA) is 47.6 Å². The molecule has 1 N–H and O–H groups in total. The summed E-state index contributed by atoms with van der Waals surface area (Å²) >= 11 is 0. The second kappa shape index (κ2) is 7.68. The van der Waals surface area contributed by atoms with Crippen LogP contribution in [0.15, 0.2) is 36.4 Å². The normalized spacial score (nSPS) is 10.3. The van der Waals surface area contributed by atoms with E-state index in [2.05, 4.69) is 11.4 Å². The van der Waals surface area contributed by atoms with Crippen molar-refractivity contribution < 1.29 is 14.3 Å². The minimum absolute atomic E-state index is 0.0375. The maximum absolute atomic E-state index is 12.1. The molecule has 4 nitrogen and oxygen atoms in total. The van der Waals surface area contributed by atoms with Gasteiger partial charge in [0.25, 0.3) is 5.91 Å². The standard InChI is InChI=1S/C19H23NO3/c1-5-22-17-9-7-6-8-16(17)20-19(21)12-23-18-11-13(2)10-14(3)15(18)4/h6-11H,5,12H2,1-4H3,(H,20,21). The van der Waals surface area contributed by atoms with Gasteiger partial charge in [0.1, 0.15) is 11.5 Å². The van der Waals surface area contributed by atoms with Gasteiger partial charge >= 0.3 is 0 Å². The van der Waals surface area contributed by atoms with Gasteiger partial charge in [-0.05, 0) is 62.6 Å². The number of carbonyl (C=O) groups excluding carboxylic acids is 1. The Morgan fingerprint density at radius 1 is 1.04 bits per heavy atom. The van der Waals surface area contributed by atoms with Gasteiger partial charge in [0.2, 0.25) is 0 Å². The van der Waals surface area contributed by atoms with Crippen molar-refractivity contribution in [2.75, 3.05) is 18.5 Å². The van der Waals surface area contributed by atoms with Crippen molar-refractivity contribution in [1.29, 1.82) is 0 Å². The number of para-hydroxylation sites is 2. The van der Waals surface area contributed by atoms with Crippen LogP contribution in [0.4, 0.5) is 5.69 Å². The molecule has 1 amide bonds. The van der Waals surface area contributed by atoms with E-state index in [0.717, 1.165) is 22.4 Å². The average molecular weight is 313 g/mol. The Bertz CT molecular complexity index is 695. The molecule has 0 unspecified atom stereocenters. The Labute approximate surface area is 137 Å². The summed E-state index contributed by atoms with van der Waals surface area (Å²) in [5.74, 6) is 1.19. The minimum atomic E-state index is -0.212. The molecule has 122 valence electrons. The van der Waals surface area contributed by atoms with E-state index in [-0.39, 0.29) is 12.5 Å². The van der Waals surface area contributed by atoms with Crippen molar-refractivity contribution in [3.8, 4) is 11.5 Å². The van der Waals surface area contributed by atoms with E-state index in [9.17, 15) is 4.79 Å². The predicted molar refractivity (Wildman–Crippen MR) is 92.4 cm³/mol. The molecule has 4 heteroatoms. The Morgan fingerprint density at radius 3 is 2.52 bits per heavy atom. The summed E-state index contributed by atoms with van der Waals surface area (Å²) in [4.78, 5) is 12.1. The quantitative estimate of drug-likeness (QED) is 0.876. The summed E-state index contributed by atoms with van der Waals surface area (Å²) in [5.41, 5.74) is 3.98. The Morgan fingerprint density at radius 2 is 1.78 bits per heavy atom. The second-order valence-corrected chi connectivity index (χ2v) is 5.47. The van der Waals surface area contributed by atoms with Crippen molar-refractivity contribution in [2.45, 2.75) is 27.7 Å². The van der Waals surface area contributed by atoms with Crippen LogP contribution in [0, 0.1) is 20.8 Å². The molecule has 0 heterocycles. The van der Waals surface area contributed by atoms with Crippen LogP contribution in [0.5, 0.6) is 11.5 Å². The van der Waals surface area contributed by atoms with E-state index < -0.39 is 0 Å². The molecule has 23 heavy (non-hydrogen) atoms. The van der Waals surface area contributed by atoms with Crippen LogP contribution < -0.4 is 14.8 Å². The van der Waals surface area contributed by atoms with Crippen LogP contribution in [0.3, 0.4) is 0 Å². The SMILES string of the molecule is CCOc1ccccc1NC(=O)COc1cc(C)cc(C)c1C. The number of anilines is 1. The maximum atomic E-state index is 12.1. The molecule has 2 aromatic rings. The lowest BCUT2D eigenvalue weighted by atomic mass is 10.1. The highest BCUT2D eigenvalue weighted by atomic mass is 16.5. The lowest BCUT2D eigenvalue weighted by Crippen LogP contribution is -2.21. The Balaban J connectivity index is 2.01. The summed E-state index contributed by atoms with van der Waals surface area (Å²) in [6.07, 6.45) is 0. The third kappa shape index (κ3) is 4.49. The van der Waals surface area contributed by atoms with E-state index in [1.165, 1.54) is 0 Å². The number of hydrogen-bond donors (Lipinski definition) is 1. The third-order valence-corrected chi connectivity index (χ3v) is 3.58. The van der Waals surface area contributed by atoms with Gasteiger partial charge in [-0.15, -0.1) is 0 Å². The second-order valence-electron chi connectivity index (χ2n) is 5.47. The molecule has 0 radical (unpaired) electrons. The van der Waals surface area contributed by atoms with Crippen LogP contribution in [0.25, 0.3) is 0 Å². The third-order valence-electron chi connectivity index (χ3n) is 3.58. The molecule has 0 saturated heterocycles. The first kappa shape index (κ1) is 16.9. The molecule has 0 aromatic heterocycles. The predicted octanol–water partition coefficient (Wildman–Crippen LogP) is 4.03. The first-order valence-corrected chi connectivity index (χ1v) is 7.73. The monoisotopic (exact) mass is 313 g/mol. The summed E-state index contributed by atoms with van der Waals surface area (Å²) in [6.45, 7) is 8.46. The number of hydrogen-bond acceptors (Lipinski definition) is 3. The molecule has 2 aromatic carbocycles. The maximum Gasteiger partial charge on any atom is 0.262 e. The highest BCUT2D eigenvalue weighted by molar-refractivity contribution is 5.93. The van der Waals surface area contributed by atoms with Gasteiger partial charge in [-0.1, -0.05) is 18.2 Å². The van der Waals surface area contributed by atoms with E-state index in [1.807, 2.05) is 58.0 Å². The smallest absolute Gasteiger partial charge is 0.262 e. The molecule has 0 spiro atoms. The zero-order valence-corrected chi connectivity index (χ0v) is 14.1. The summed E-state index contributed by atoms with van der Waals surface area (Å²) in [7, 11) is 0. The zero-order valence-electron chi connectivity index (χ0n) is 14.1. The lowest BCUT2D eigenvalue weighted by Gasteiger charge is -2.14. The van der Waals surface area contributed by atoms with Gasteiger partial charge in [-0.2, -0.15) is 0 Å². The minimum Gasteiger partial charge on any atom is -0.492 e. The largest absolute Gasteiger partial charge is 0.492 e. The number of nitrogens with one attached hydrogen (secondary N) is 1. The van der Waals surface area contributed by atoms with Crippen molar-refractivity contribution >= 4 is 11.6 Å². The summed E-state index contributed by atoms with van der Waals surface area (Å²) in [5, 5.41) is 2.83. The molecule has 0 saturated carbocycles. The summed E-state index contributed by atoms with van der Waals surface area (Å²) < 4.78 is 11.2. The van der Waals surface area contributed by atoms with Crippen LogP contribution in [-0.2, 0) is 4.79 Å². The fourth-order valence-corrected chi connectivity index (χ4v) is 2.33. The highest BCUT2D eigenvalue weighted by Crippen LogP contribution is 2.25. The number of benzene rings is 2. The van der Waals surface area contributed by atoms with E-state index in [4.69, 9.17) is 9.47 Å². The zero-order chi connectivity index (χ0) is 16.8. The number of amides is 1. The molecule has 0 aliphatic heterocycles. The van der Waals surface area contributed by atoms with E-state index >= 15 is 0 Å². The first-order valence-electron chi connectivity index (χ1n) is 7.73. The Kier molecular flexibility index (Phi) is 5.63. The van der Waals surface area contributed by atoms with Gasteiger partial charge in [-0.3, -0.25) is 4.79 Å². The van der Waals surface area contributed by atoms with E-state index in [0.29, 0.717) is 18.0 Å². The van der Waals surface area contributed by atoms with Gasteiger partial charge < -0.3 is 14.8 Å². The molecular formula is C19H23NO3. The molecular weight excluding hydrogens is 290 g/mol.